The van der Waals surface area contributed by atoms with Crippen LogP contribution in [0.15, 0.2) is 42.7 Å². The molecule has 20 heavy (non-hydrogen) atoms. The molecule has 1 N–H and O–H groups in total. The quantitative estimate of drug-likeness (QED) is 0.929. The second-order valence-electron chi connectivity index (χ2n) is 4.33. The summed E-state index contributed by atoms with van der Waals surface area (Å²) in [6, 6.07) is 8.19. The predicted octanol–water partition coefficient (Wildman–Crippen LogP) is 3.34. The first-order valence-corrected chi connectivity index (χ1v) is 6.36. The van der Waals surface area contributed by atoms with E-state index in [1.807, 2.05) is 24.0 Å². The second kappa shape index (κ2) is 6.14. The summed E-state index contributed by atoms with van der Waals surface area (Å²) in [7, 11) is 0. The van der Waals surface area contributed by atoms with E-state index in [-0.39, 0.29) is 5.91 Å². The summed E-state index contributed by atoms with van der Waals surface area (Å²) in [5.41, 5.74) is 1.98. The summed E-state index contributed by atoms with van der Waals surface area (Å²) in [5, 5.41) is 2.60. The Morgan fingerprint density at radius 2 is 2.15 bits per heavy atom. The molecule has 0 aliphatic rings. The smallest absolute Gasteiger partial charge is 0.221 e. The van der Waals surface area contributed by atoms with Crippen molar-refractivity contribution in [2.24, 2.45) is 0 Å². The normalized spacial score (nSPS) is 10.2. The van der Waals surface area contributed by atoms with Crippen LogP contribution in [0.4, 0.5) is 21.5 Å². The van der Waals surface area contributed by atoms with E-state index in [0.29, 0.717) is 17.9 Å². The maximum Gasteiger partial charge on any atom is 0.221 e. The highest BCUT2D eigenvalue weighted by Crippen LogP contribution is 2.27. The number of hydrogen-bond donors (Lipinski definition) is 1. The zero-order valence-corrected chi connectivity index (χ0v) is 11.4. The molecule has 0 atom stereocenters. The number of amides is 1. The van der Waals surface area contributed by atoms with Crippen molar-refractivity contribution in [1.29, 1.82) is 0 Å². The second-order valence-corrected chi connectivity index (χ2v) is 4.33. The molecule has 5 heteroatoms. The highest BCUT2D eigenvalue weighted by Gasteiger charge is 2.10. The number of pyridine rings is 1. The molecule has 0 saturated heterocycles. The average molecular weight is 273 g/mol. The molecule has 0 unspecified atom stereocenters. The van der Waals surface area contributed by atoms with Gasteiger partial charge in [-0.25, -0.2) is 4.39 Å². The number of anilines is 3. The fourth-order valence-electron chi connectivity index (χ4n) is 2.03. The van der Waals surface area contributed by atoms with Crippen molar-refractivity contribution in [3.05, 3.63) is 48.5 Å². The molecule has 1 heterocycles. The Morgan fingerprint density at radius 1 is 1.35 bits per heavy atom. The van der Waals surface area contributed by atoms with E-state index in [1.165, 1.54) is 19.1 Å². The van der Waals surface area contributed by atoms with Crippen LogP contribution >= 0.6 is 0 Å². The van der Waals surface area contributed by atoms with Gasteiger partial charge in [-0.2, -0.15) is 0 Å². The lowest BCUT2D eigenvalue weighted by Crippen LogP contribution is -2.17. The molecule has 4 nitrogen and oxygen atoms in total. The third kappa shape index (κ3) is 3.32. The maximum absolute atomic E-state index is 13.7. The molecule has 0 radical (unpaired) electrons. The lowest BCUT2D eigenvalue weighted by molar-refractivity contribution is -0.114. The van der Waals surface area contributed by atoms with Crippen LogP contribution < -0.4 is 10.2 Å². The van der Waals surface area contributed by atoms with Crippen molar-refractivity contribution in [3.63, 3.8) is 0 Å². The summed E-state index contributed by atoms with van der Waals surface area (Å²) in [4.78, 5) is 17.1. The van der Waals surface area contributed by atoms with Gasteiger partial charge in [-0.1, -0.05) is 0 Å². The number of halogens is 1. The van der Waals surface area contributed by atoms with E-state index < -0.39 is 5.82 Å². The fraction of sp³-hybridized carbons (Fsp3) is 0.200. The van der Waals surface area contributed by atoms with Gasteiger partial charge in [0.2, 0.25) is 5.91 Å². The number of hydrogen-bond acceptors (Lipinski definition) is 3. The van der Waals surface area contributed by atoms with Gasteiger partial charge >= 0.3 is 0 Å². The predicted molar refractivity (Wildman–Crippen MR) is 77.6 cm³/mol. The molecule has 104 valence electrons. The average Bonchev–Trinajstić information content (AvgIpc) is 2.39. The highest BCUT2D eigenvalue weighted by atomic mass is 19.1. The molecular formula is C15H16FN3O. The summed E-state index contributed by atoms with van der Waals surface area (Å²) in [5.74, 6) is -0.625. The van der Waals surface area contributed by atoms with Crippen molar-refractivity contribution in [3.8, 4) is 0 Å². The van der Waals surface area contributed by atoms with Crippen molar-refractivity contribution < 1.29 is 9.18 Å². The van der Waals surface area contributed by atoms with E-state index in [4.69, 9.17) is 0 Å². The van der Waals surface area contributed by atoms with Gasteiger partial charge in [0, 0.05) is 31.0 Å². The standard InChI is InChI=1S/C15H16FN3O/c1-3-19(14-5-4-6-17-10-14)15-8-12(16)7-13(9-15)18-11(2)20/h4-10H,3H2,1-2H3,(H,18,20). The molecule has 1 aromatic carbocycles. The van der Waals surface area contributed by atoms with Gasteiger partial charge in [-0.05, 0) is 37.3 Å². The first-order valence-electron chi connectivity index (χ1n) is 6.36. The summed E-state index contributed by atoms with van der Waals surface area (Å²) >= 11 is 0. The van der Waals surface area contributed by atoms with Gasteiger partial charge < -0.3 is 10.2 Å². The zero-order valence-electron chi connectivity index (χ0n) is 11.4. The molecule has 2 aromatic rings. The number of carbonyl (C=O) groups is 1. The Labute approximate surface area is 117 Å². The number of carbonyl (C=O) groups excluding carboxylic acids is 1. The largest absolute Gasteiger partial charge is 0.340 e. The fourth-order valence-corrected chi connectivity index (χ4v) is 2.03. The topological polar surface area (TPSA) is 45.2 Å². The van der Waals surface area contributed by atoms with Crippen LogP contribution in [0.3, 0.4) is 0 Å². The van der Waals surface area contributed by atoms with Crippen LogP contribution in [0.25, 0.3) is 0 Å². The summed E-state index contributed by atoms with van der Waals surface area (Å²) in [6.07, 6.45) is 3.40. The minimum absolute atomic E-state index is 0.231. The maximum atomic E-state index is 13.7. The third-order valence-corrected chi connectivity index (χ3v) is 2.79. The molecule has 2 rings (SSSR count). The van der Waals surface area contributed by atoms with Crippen LogP contribution in [0.1, 0.15) is 13.8 Å². The molecule has 1 amide bonds. The van der Waals surface area contributed by atoms with Gasteiger partial charge in [0.1, 0.15) is 5.82 Å². The monoisotopic (exact) mass is 273 g/mol. The van der Waals surface area contributed by atoms with Crippen molar-refractivity contribution in [2.75, 3.05) is 16.8 Å². The molecule has 0 fully saturated rings. The number of nitrogens with zero attached hydrogens (tertiary/aromatic N) is 2. The molecule has 0 spiro atoms. The zero-order chi connectivity index (χ0) is 14.5. The van der Waals surface area contributed by atoms with E-state index in [2.05, 4.69) is 10.3 Å². The SMILES string of the molecule is CCN(c1cccnc1)c1cc(F)cc(NC(C)=O)c1. The lowest BCUT2D eigenvalue weighted by atomic mass is 10.2. The Kier molecular flexibility index (Phi) is 4.30. The van der Waals surface area contributed by atoms with E-state index >= 15 is 0 Å². The van der Waals surface area contributed by atoms with Gasteiger partial charge in [-0.3, -0.25) is 9.78 Å². The Bertz CT molecular complexity index is 601. The van der Waals surface area contributed by atoms with E-state index in [9.17, 15) is 9.18 Å². The first kappa shape index (κ1) is 14.0. The van der Waals surface area contributed by atoms with Crippen molar-refractivity contribution >= 4 is 23.0 Å². The van der Waals surface area contributed by atoms with Crippen LogP contribution in [0, 0.1) is 5.82 Å². The van der Waals surface area contributed by atoms with Crippen LogP contribution in [0.2, 0.25) is 0 Å². The van der Waals surface area contributed by atoms with Crippen LogP contribution in [0.5, 0.6) is 0 Å². The Hall–Kier alpha value is -2.43. The summed E-state index contributed by atoms with van der Waals surface area (Å²) in [6.45, 7) is 4.02. The molecule has 0 bridgehead atoms. The van der Waals surface area contributed by atoms with Crippen molar-refractivity contribution in [1.82, 2.24) is 4.98 Å². The number of nitrogens with one attached hydrogen (secondary N) is 1. The minimum atomic E-state index is -0.395. The Balaban J connectivity index is 2.39. The number of aromatic nitrogens is 1. The van der Waals surface area contributed by atoms with Crippen LogP contribution in [-0.2, 0) is 4.79 Å². The van der Waals surface area contributed by atoms with Gasteiger partial charge in [0.25, 0.3) is 0 Å². The number of rotatable bonds is 4. The minimum Gasteiger partial charge on any atom is -0.340 e. The molecule has 1 aromatic heterocycles. The van der Waals surface area contributed by atoms with Gasteiger partial charge in [0.15, 0.2) is 0 Å². The molecule has 0 aliphatic heterocycles. The summed E-state index contributed by atoms with van der Waals surface area (Å²) < 4.78 is 13.7. The highest BCUT2D eigenvalue weighted by molar-refractivity contribution is 5.89. The molecule has 0 aliphatic carbocycles. The molecular weight excluding hydrogens is 257 g/mol. The van der Waals surface area contributed by atoms with Gasteiger partial charge in [0.05, 0.1) is 11.9 Å². The first-order chi connectivity index (χ1) is 9.60. The molecule has 0 saturated carbocycles. The van der Waals surface area contributed by atoms with E-state index in [0.717, 1.165) is 5.69 Å². The van der Waals surface area contributed by atoms with Crippen LogP contribution in [-0.4, -0.2) is 17.4 Å². The number of benzene rings is 1. The lowest BCUT2D eigenvalue weighted by Gasteiger charge is -2.23. The van der Waals surface area contributed by atoms with E-state index in [1.54, 1.807) is 18.5 Å². The van der Waals surface area contributed by atoms with Gasteiger partial charge in [-0.15, -0.1) is 0 Å². The third-order valence-electron chi connectivity index (χ3n) is 2.79. The Morgan fingerprint density at radius 3 is 2.75 bits per heavy atom. The van der Waals surface area contributed by atoms with Crippen molar-refractivity contribution in [2.45, 2.75) is 13.8 Å².